The van der Waals surface area contributed by atoms with Gasteiger partial charge in [0.05, 0.1) is 10.6 Å². The zero-order valence-electron chi connectivity index (χ0n) is 8.11. The van der Waals surface area contributed by atoms with Crippen LogP contribution < -0.4 is 10.6 Å². The van der Waals surface area contributed by atoms with Gasteiger partial charge >= 0.3 is 0 Å². The number of rotatable bonds is 3. The average molecular weight is 211 g/mol. The third-order valence-electron chi connectivity index (χ3n) is 1.81. The number of H-pyrrole nitrogens is 1. The predicted molar refractivity (Wildman–Crippen MR) is 53.4 cm³/mol. The molecule has 0 radical (unpaired) electrons. The first-order valence-corrected chi connectivity index (χ1v) is 4.24. The number of nitrogens with zero attached hydrogens (tertiary/aromatic N) is 2. The lowest BCUT2D eigenvalue weighted by atomic mass is 10.3. The maximum Gasteiger partial charge on any atom is 0.240 e. The largest absolute Gasteiger partial charge is 0.275 e. The van der Waals surface area contributed by atoms with Crippen LogP contribution in [0.1, 0.15) is 6.92 Å². The average Bonchev–Trinajstić information content (AvgIpc) is 2.50. The Labute approximate surface area is 84.8 Å². The second-order valence-corrected chi connectivity index (χ2v) is 2.94. The van der Waals surface area contributed by atoms with Gasteiger partial charge in [0.25, 0.3) is 0 Å². The lowest BCUT2D eigenvalue weighted by Crippen LogP contribution is -2.28. The Balaban J connectivity index is 3.32. The number of halogens is 1. The fourth-order valence-electron chi connectivity index (χ4n) is 1.05. The molecule has 15 heavy (non-hydrogen) atoms. The smallest absolute Gasteiger partial charge is 0.240 e. The van der Waals surface area contributed by atoms with Gasteiger partial charge in [0, 0.05) is 17.9 Å². The summed E-state index contributed by atoms with van der Waals surface area (Å²) >= 11 is 0. The molecule has 0 amide bonds. The summed E-state index contributed by atoms with van der Waals surface area (Å²) in [7, 11) is 0. The minimum Gasteiger partial charge on any atom is -0.275 e. The van der Waals surface area contributed by atoms with E-state index in [1.54, 1.807) is 0 Å². The monoisotopic (exact) mass is 211 g/mol. The summed E-state index contributed by atoms with van der Waals surface area (Å²) in [6.45, 7) is 4.82. The molecule has 1 atom stereocenters. The molecule has 1 aromatic rings. The van der Waals surface area contributed by atoms with Crippen LogP contribution >= 0.6 is 0 Å². The van der Waals surface area contributed by atoms with Crippen LogP contribution in [-0.4, -0.2) is 21.2 Å². The van der Waals surface area contributed by atoms with Gasteiger partial charge in [0.15, 0.2) is 0 Å². The molecule has 0 saturated carbocycles. The van der Waals surface area contributed by atoms with Crippen molar-refractivity contribution in [3.8, 4) is 0 Å². The van der Waals surface area contributed by atoms with E-state index in [0.717, 1.165) is 0 Å². The summed E-state index contributed by atoms with van der Waals surface area (Å²) in [5.74, 6) is -0.698. The zero-order chi connectivity index (χ0) is 11.4. The number of hydrogen-bond acceptors (Lipinski definition) is 3. The number of nitrogens with one attached hydrogen (secondary N) is 1. The van der Waals surface area contributed by atoms with Crippen molar-refractivity contribution >= 4 is 12.2 Å². The molecule has 0 bridgehead atoms. The van der Waals surface area contributed by atoms with Crippen molar-refractivity contribution in [2.24, 2.45) is 0 Å². The van der Waals surface area contributed by atoms with Gasteiger partial charge in [-0.05, 0) is 6.08 Å². The highest BCUT2D eigenvalue weighted by Crippen LogP contribution is 1.87. The lowest BCUT2D eigenvalue weighted by molar-refractivity contribution is -0.500. The molecule has 0 fully saturated rings. The van der Waals surface area contributed by atoms with Crippen LogP contribution in [-0.2, 0) is 0 Å². The van der Waals surface area contributed by atoms with E-state index in [-0.39, 0.29) is 10.6 Å². The van der Waals surface area contributed by atoms with Crippen LogP contribution in [0, 0.1) is 16.1 Å². The molecule has 0 aliphatic heterocycles. The number of nitro groups is 1. The number of aromatic amines is 1. The Bertz CT molecular complexity index is 492. The first-order valence-electron chi connectivity index (χ1n) is 4.24. The molecule has 80 valence electrons. The SMILES string of the molecule is C=C/C=c1/c(F)n[nH]/c1=C/C(C)[N+](=O)[O-]. The number of aromatic nitrogens is 2. The third kappa shape index (κ3) is 2.49. The fourth-order valence-corrected chi connectivity index (χ4v) is 1.05. The van der Waals surface area contributed by atoms with Gasteiger partial charge in [-0.3, -0.25) is 15.2 Å². The Morgan fingerprint density at radius 1 is 1.73 bits per heavy atom. The summed E-state index contributed by atoms with van der Waals surface area (Å²) in [4.78, 5) is 9.92. The van der Waals surface area contributed by atoms with E-state index in [1.165, 1.54) is 25.2 Å². The van der Waals surface area contributed by atoms with Gasteiger partial charge in [-0.2, -0.15) is 4.39 Å². The van der Waals surface area contributed by atoms with Gasteiger partial charge in [-0.1, -0.05) is 12.7 Å². The van der Waals surface area contributed by atoms with Gasteiger partial charge in [0.1, 0.15) is 0 Å². The van der Waals surface area contributed by atoms with Crippen molar-refractivity contribution < 1.29 is 9.31 Å². The molecule has 0 aliphatic rings. The van der Waals surface area contributed by atoms with E-state index in [0.29, 0.717) is 0 Å². The lowest BCUT2D eigenvalue weighted by Gasteiger charge is -1.93. The van der Waals surface area contributed by atoms with Crippen molar-refractivity contribution in [3.63, 3.8) is 0 Å². The van der Waals surface area contributed by atoms with Crippen LogP contribution in [0.3, 0.4) is 0 Å². The van der Waals surface area contributed by atoms with Gasteiger partial charge in [0.2, 0.25) is 12.0 Å². The summed E-state index contributed by atoms with van der Waals surface area (Å²) in [5.41, 5.74) is 0. The fraction of sp³-hybridized carbons (Fsp3) is 0.222. The quantitative estimate of drug-likeness (QED) is 0.563. The Kier molecular flexibility index (Phi) is 3.33. The van der Waals surface area contributed by atoms with Crippen LogP contribution in [0.5, 0.6) is 0 Å². The molecule has 1 heterocycles. The first kappa shape index (κ1) is 11.1. The van der Waals surface area contributed by atoms with E-state index in [1.807, 2.05) is 0 Å². The molecule has 6 heteroatoms. The van der Waals surface area contributed by atoms with Crippen molar-refractivity contribution in [1.29, 1.82) is 0 Å². The molecule has 0 aromatic carbocycles. The van der Waals surface area contributed by atoms with E-state index in [4.69, 9.17) is 0 Å². The van der Waals surface area contributed by atoms with E-state index >= 15 is 0 Å². The normalized spacial score (nSPS) is 15.3. The molecule has 1 unspecified atom stereocenters. The van der Waals surface area contributed by atoms with E-state index < -0.39 is 16.9 Å². The van der Waals surface area contributed by atoms with Crippen LogP contribution in [0.2, 0.25) is 0 Å². The van der Waals surface area contributed by atoms with Crippen LogP contribution in [0.25, 0.3) is 12.2 Å². The van der Waals surface area contributed by atoms with Gasteiger partial charge in [-0.25, -0.2) is 0 Å². The maximum atomic E-state index is 13.0. The standard InChI is InChI=1S/C9H10FN3O2/c1-3-4-7-8(11-12-9(7)10)5-6(2)13(14)15/h3-6,11H,1H2,2H3/b7-4+,8-5+. The number of hydrogen-bond donors (Lipinski definition) is 1. The molecular weight excluding hydrogens is 201 g/mol. The molecule has 1 rings (SSSR count). The summed E-state index contributed by atoms with van der Waals surface area (Å²) in [5, 5.41) is 16.6. The van der Waals surface area contributed by atoms with Crippen molar-refractivity contribution in [2.45, 2.75) is 13.0 Å². The minimum atomic E-state index is -0.901. The Morgan fingerprint density at radius 2 is 2.40 bits per heavy atom. The molecule has 0 saturated heterocycles. The summed E-state index contributed by atoms with van der Waals surface area (Å²) < 4.78 is 13.0. The molecular formula is C9H10FN3O2. The van der Waals surface area contributed by atoms with Gasteiger partial charge < -0.3 is 0 Å². The van der Waals surface area contributed by atoms with E-state index in [9.17, 15) is 14.5 Å². The van der Waals surface area contributed by atoms with Crippen LogP contribution in [0.15, 0.2) is 12.7 Å². The molecule has 0 aliphatic carbocycles. The minimum absolute atomic E-state index is 0.179. The summed E-state index contributed by atoms with van der Waals surface area (Å²) in [6.07, 6.45) is 4.09. The van der Waals surface area contributed by atoms with Gasteiger partial charge in [-0.15, -0.1) is 5.10 Å². The Morgan fingerprint density at radius 3 is 2.93 bits per heavy atom. The maximum absolute atomic E-state index is 13.0. The number of allylic oxidation sites excluding steroid dienone is 1. The van der Waals surface area contributed by atoms with Crippen molar-refractivity contribution in [1.82, 2.24) is 10.2 Å². The third-order valence-corrected chi connectivity index (χ3v) is 1.81. The predicted octanol–water partition coefficient (Wildman–Crippen LogP) is -0.0390. The molecule has 1 aromatic heterocycles. The van der Waals surface area contributed by atoms with E-state index in [2.05, 4.69) is 16.8 Å². The highest BCUT2D eigenvalue weighted by molar-refractivity contribution is 5.37. The second kappa shape index (κ2) is 4.50. The highest BCUT2D eigenvalue weighted by atomic mass is 19.1. The second-order valence-electron chi connectivity index (χ2n) is 2.94. The molecule has 0 spiro atoms. The zero-order valence-corrected chi connectivity index (χ0v) is 8.11. The highest BCUT2D eigenvalue weighted by Gasteiger charge is 2.09. The first-order chi connectivity index (χ1) is 7.06. The topological polar surface area (TPSA) is 71.8 Å². The van der Waals surface area contributed by atoms with Crippen LogP contribution in [0.4, 0.5) is 4.39 Å². The molecule has 1 N–H and O–H groups in total. The molecule has 5 nitrogen and oxygen atoms in total. The summed E-state index contributed by atoms with van der Waals surface area (Å²) in [6, 6.07) is -0.901. The Hall–Kier alpha value is -1.98. The van der Waals surface area contributed by atoms with Crippen molar-refractivity contribution in [2.75, 3.05) is 0 Å². The van der Waals surface area contributed by atoms with Crippen molar-refractivity contribution in [3.05, 3.63) is 39.3 Å².